The third kappa shape index (κ3) is 4.78. The monoisotopic (exact) mass is 426 g/mol. The fraction of sp³-hybridized carbons (Fsp3) is 0.238. The van der Waals surface area contributed by atoms with Crippen LogP contribution < -0.4 is 5.32 Å². The van der Waals surface area contributed by atoms with E-state index in [4.69, 9.17) is 16.9 Å². The van der Waals surface area contributed by atoms with Crippen LogP contribution in [0.5, 0.6) is 0 Å². The van der Waals surface area contributed by atoms with Gasteiger partial charge in [-0.05, 0) is 43.7 Å². The molecule has 148 valence electrons. The number of aryl methyl sites for hydroxylation is 1. The van der Waals surface area contributed by atoms with Crippen molar-refractivity contribution in [3.8, 4) is 6.07 Å². The molecular weight excluding hydrogens is 408 g/mol. The Morgan fingerprint density at radius 3 is 2.79 bits per heavy atom. The van der Waals surface area contributed by atoms with Gasteiger partial charge in [0.05, 0.1) is 16.9 Å². The van der Waals surface area contributed by atoms with Gasteiger partial charge in [-0.15, -0.1) is 0 Å². The minimum absolute atomic E-state index is 0.00651. The molecule has 3 rings (SSSR count). The van der Waals surface area contributed by atoms with Crippen molar-refractivity contribution in [3.63, 3.8) is 0 Å². The third-order valence-electron chi connectivity index (χ3n) is 4.41. The van der Waals surface area contributed by atoms with Crippen LogP contribution in [-0.2, 0) is 9.59 Å². The molecule has 0 bridgehead atoms. The second-order valence-electron chi connectivity index (χ2n) is 6.43. The number of halogens is 1. The number of nitrogens with one attached hydrogen (secondary N) is 1. The number of rotatable bonds is 5. The zero-order valence-corrected chi connectivity index (χ0v) is 17.5. The molecule has 0 spiro atoms. The summed E-state index contributed by atoms with van der Waals surface area (Å²) in [5.74, 6) is -0.479. The number of hydrogen-bond donors (Lipinski definition) is 1. The maximum Gasteiger partial charge on any atom is 0.242 e. The number of carbonyl (C=O) groups excluding carboxylic acids is 2. The molecule has 0 saturated carbocycles. The maximum atomic E-state index is 12.7. The Balaban J connectivity index is 1.74. The first kappa shape index (κ1) is 20.9. The van der Waals surface area contributed by atoms with Crippen LogP contribution in [0.4, 0.5) is 11.4 Å². The van der Waals surface area contributed by atoms with E-state index < -0.39 is 5.25 Å². The Hall–Kier alpha value is -2.82. The van der Waals surface area contributed by atoms with Crippen molar-refractivity contribution in [3.05, 3.63) is 58.6 Å². The van der Waals surface area contributed by atoms with Gasteiger partial charge in [0, 0.05) is 18.0 Å². The molecule has 1 aliphatic rings. The van der Waals surface area contributed by atoms with Crippen LogP contribution in [-0.4, -0.2) is 33.7 Å². The van der Waals surface area contributed by atoms with Gasteiger partial charge in [0.25, 0.3) is 0 Å². The highest BCUT2D eigenvalue weighted by atomic mass is 35.5. The lowest BCUT2D eigenvalue weighted by molar-refractivity contribution is -0.128. The Labute approximate surface area is 178 Å². The SMILES string of the molecule is CCN1C(=O)C(CC(=O)Nc2ccccc2C#N)SC1=Nc1ccc(C)c(Cl)c1. The number of nitrogens with zero attached hydrogens (tertiary/aromatic N) is 3. The first-order valence-corrected chi connectivity index (χ1v) is 10.3. The Morgan fingerprint density at radius 2 is 2.10 bits per heavy atom. The molecule has 1 aliphatic heterocycles. The second kappa shape index (κ2) is 9.12. The van der Waals surface area contributed by atoms with E-state index in [0.29, 0.717) is 33.7 Å². The van der Waals surface area contributed by atoms with Gasteiger partial charge in [-0.25, -0.2) is 4.99 Å². The molecular formula is C21H19ClN4O2S. The number of aliphatic imine (C=N–C) groups is 1. The van der Waals surface area contributed by atoms with E-state index in [-0.39, 0.29) is 18.2 Å². The van der Waals surface area contributed by atoms with Gasteiger partial charge in [-0.2, -0.15) is 5.26 Å². The van der Waals surface area contributed by atoms with Crippen LogP contribution in [0.1, 0.15) is 24.5 Å². The molecule has 1 fully saturated rings. The number of benzene rings is 2. The topological polar surface area (TPSA) is 85.6 Å². The van der Waals surface area contributed by atoms with E-state index in [1.54, 1.807) is 35.2 Å². The largest absolute Gasteiger partial charge is 0.325 e. The van der Waals surface area contributed by atoms with Crippen LogP contribution in [0, 0.1) is 18.3 Å². The third-order valence-corrected chi connectivity index (χ3v) is 5.99. The van der Waals surface area contributed by atoms with Gasteiger partial charge < -0.3 is 5.32 Å². The van der Waals surface area contributed by atoms with E-state index in [2.05, 4.69) is 10.3 Å². The van der Waals surface area contributed by atoms with E-state index >= 15 is 0 Å². The van der Waals surface area contributed by atoms with Crippen molar-refractivity contribution in [2.75, 3.05) is 11.9 Å². The zero-order chi connectivity index (χ0) is 21.0. The van der Waals surface area contributed by atoms with Crippen molar-refractivity contribution < 1.29 is 9.59 Å². The molecule has 0 aliphatic carbocycles. The molecule has 1 unspecified atom stereocenters. The summed E-state index contributed by atoms with van der Waals surface area (Å²) in [5.41, 5.74) is 2.42. The molecule has 1 saturated heterocycles. The number of anilines is 1. The summed E-state index contributed by atoms with van der Waals surface area (Å²) in [7, 11) is 0. The van der Waals surface area contributed by atoms with E-state index in [9.17, 15) is 9.59 Å². The normalized spacial score (nSPS) is 17.4. The molecule has 2 amide bonds. The predicted octanol–water partition coefficient (Wildman–Crippen LogP) is 4.50. The maximum absolute atomic E-state index is 12.7. The highest BCUT2D eigenvalue weighted by molar-refractivity contribution is 8.15. The van der Waals surface area contributed by atoms with Gasteiger partial charge in [-0.3, -0.25) is 14.5 Å². The summed E-state index contributed by atoms with van der Waals surface area (Å²) in [4.78, 5) is 31.3. The number of amidine groups is 1. The lowest BCUT2D eigenvalue weighted by Crippen LogP contribution is -2.33. The van der Waals surface area contributed by atoms with Crippen molar-refractivity contribution in [1.82, 2.24) is 4.90 Å². The van der Waals surface area contributed by atoms with Gasteiger partial charge >= 0.3 is 0 Å². The molecule has 1 N–H and O–H groups in total. The summed E-state index contributed by atoms with van der Waals surface area (Å²) in [6.07, 6.45) is -0.00651. The van der Waals surface area contributed by atoms with Crippen LogP contribution in [0.3, 0.4) is 0 Å². The van der Waals surface area contributed by atoms with Crippen LogP contribution in [0.15, 0.2) is 47.5 Å². The fourth-order valence-electron chi connectivity index (χ4n) is 2.84. The van der Waals surface area contributed by atoms with Crippen molar-refractivity contribution in [2.24, 2.45) is 4.99 Å². The van der Waals surface area contributed by atoms with Gasteiger partial charge in [0.15, 0.2) is 5.17 Å². The summed E-state index contributed by atoms with van der Waals surface area (Å²) >= 11 is 7.43. The minimum Gasteiger partial charge on any atom is -0.325 e. The van der Waals surface area contributed by atoms with Crippen LogP contribution in [0.25, 0.3) is 0 Å². The summed E-state index contributed by atoms with van der Waals surface area (Å²) in [5, 5.41) is 12.5. The molecule has 6 nitrogen and oxygen atoms in total. The summed E-state index contributed by atoms with van der Waals surface area (Å²) in [6.45, 7) is 4.23. The number of nitriles is 1. The second-order valence-corrected chi connectivity index (χ2v) is 8.00. The molecule has 1 heterocycles. The molecule has 0 radical (unpaired) electrons. The molecule has 2 aromatic rings. The number of amides is 2. The lowest BCUT2D eigenvalue weighted by Gasteiger charge is -2.13. The zero-order valence-electron chi connectivity index (χ0n) is 16.0. The Morgan fingerprint density at radius 1 is 1.34 bits per heavy atom. The summed E-state index contributed by atoms with van der Waals surface area (Å²) < 4.78 is 0. The standard InChI is InChI=1S/C21H19ClN4O2S/c1-3-26-20(28)18(11-19(27)25-17-7-5-4-6-14(17)12-23)29-21(26)24-15-9-8-13(2)16(22)10-15/h4-10,18H,3,11H2,1-2H3,(H,25,27). The van der Waals surface area contributed by atoms with Crippen molar-refractivity contribution in [2.45, 2.75) is 25.5 Å². The lowest BCUT2D eigenvalue weighted by atomic mass is 10.2. The minimum atomic E-state index is -0.566. The van der Waals surface area contributed by atoms with Gasteiger partial charge in [-0.1, -0.05) is 41.6 Å². The Bertz CT molecular complexity index is 1030. The van der Waals surface area contributed by atoms with E-state index in [0.717, 1.165) is 5.56 Å². The number of para-hydroxylation sites is 1. The smallest absolute Gasteiger partial charge is 0.242 e. The number of thioether (sulfide) groups is 1. The molecule has 0 aromatic heterocycles. The number of hydrogen-bond acceptors (Lipinski definition) is 5. The van der Waals surface area contributed by atoms with Crippen molar-refractivity contribution in [1.29, 1.82) is 5.26 Å². The molecule has 29 heavy (non-hydrogen) atoms. The van der Waals surface area contributed by atoms with E-state index in [1.165, 1.54) is 11.8 Å². The fourth-order valence-corrected chi connectivity index (χ4v) is 4.23. The Kier molecular flexibility index (Phi) is 6.57. The van der Waals surface area contributed by atoms with Crippen molar-refractivity contribution >= 4 is 51.7 Å². The molecule has 2 aromatic carbocycles. The molecule has 8 heteroatoms. The van der Waals surface area contributed by atoms with Gasteiger partial charge in [0.2, 0.25) is 11.8 Å². The van der Waals surface area contributed by atoms with Crippen LogP contribution in [0.2, 0.25) is 5.02 Å². The summed E-state index contributed by atoms with van der Waals surface area (Å²) in [6, 6.07) is 14.3. The highest BCUT2D eigenvalue weighted by Crippen LogP contribution is 2.32. The highest BCUT2D eigenvalue weighted by Gasteiger charge is 2.38. The predicted molar refractivity (Wildman–Crippen MR) is 116 cm³/mol. The first-order valence-electron chi connectivity index (χ1n) is 9.04. The molecule has 1 atom stereocenters. The average molecular weight is 427 g/mol. The van der Waals surface area contributed by atoms with E-state index in [1.807, 2.05) is 32.0 Å². The van der Waals surface area contributed by atoms with Crippen LogP contribution >= 0.6 is 23.4 Å². The average Bonchev–Trinajstić information content (AvgIpc) is 2.99. The number of carbonyl (C=O) groups is 2. The van der Waals surface area contributed by atoms with Gasteiger partial charge in [0.1, 0.15) is 11.3 Å². The first-order chi connectivity index (χ1) is 13.9. The quantitative estimate of drug-likeness (QED) is 0.762.